The van der Waals surface area contributed by atoms with Crippen LogP contribution in [0.3, 0.4) is 0 Å². The summed E-state index contributed by atoms with van der Waals surface area (Å²) in [6.07, 6.45) is 2.62. The van der Waals surface area contributed by atoms with Crippen molar-refractivity contribution in [2.75, 3.05) is 6.61 Å². The van der Waals surface area contributed by atoms with Gasteiger partial charge in [0.25, 0.3) is 0 Å². The third kappa shape index (κ3) is 1.69. The second-order valence-corrected chi connectivity index (χ2v) is 3.46. The minimum Gasteiger partial charge on any atom is -0.374 e. The average molecular weight is 219 g/mol. The van der Waals surface area contributed by atoms with Crippen LogP contribution < -0.4 is 0 Å². The van der Waals surface area contributed by atoms with Crippen LogP contribution in [0.25, 0.3) is 5.65 Å². The van der Waals surface area contributed by atoms with Crippen molar-refractivity contribution in [1.82, 2.24) is 14.6 Å². The van der Waals surface area contributed by atoms with E-state index in [0.29, 0.717) is 24.4 Å². The van der Waals surface area contributed by atoms with E-state index in [1.807, 2.05) is 18.2 Å². The molecule has 0 aliphatic heterocycles. The number of fused-ring (bicyclic) bond motifs is 1. The van der Waals surface area contributed by atoms with Crippen molar-refractivity contribution in [2.24, 2.45) is 0 Å². The maximum atomic E-state index is 10.8. The minimum atomic E-state index is 0.428. The molecule has 0 N–H and O–H groups in total. The van der Waals surface area contributed by atoms with Crippen LogP contribution in [0.5, 0.6) is 0 Å². The summed E-state index contributed by atoms with van der Waals surface area (Å²) in [5.41, 5.74) is 2.19. The maximum Gasteiger partial charge on any atom is 0.164 e. The topological polar surface area (TPSA) is 56.5 Å². The van der Waals surface area contributed by atoms with Crippen molar-refractivity contribution in [3.8, 4) is 0 Å². The van der Waals surface area contributed by atoms with Crippen molar-refractivity contribution in [2.45, 2.75) is 20.5 Å². The molecule has 2 aromatic heterocycles. The third-order valence-corrected chi connectivity index (χ3v) is 2.50. The lowest BCUT2D eigenvalue weighted by Gasteiger charge is -2.02. The highest BCUT2D eigenvalue weighted by Crippen LogP contribution is 2.13. The second-order valence-electron chi connectivity index (χ2n) is 3.46. The fourth-order valence-corrected chi connectivity index (χ4v) is 1.56. The number of pyridine rings is 1. The molecule has 0 aliphatic rings. The van der Waals surface area contributed by atoms with Gasteiger partial charge in [-0.3, -0.25) is 9.20 Å². The van der Waals surface area contributed by atoms with Crippen LogP contribution in [0.2, 0.25) is 0 Å². The van der Waals surface area contributed by atoms with Crippen molar-refractivity contribution < 1.29 is 9.53 Å². The molecule has 16 heavy (non-hydrogen) atoms. The van der Waals surface area contributed by atoms with Gasteiger partial charge in [0.1, 0.15) is 6.61 Å². The molecule has 0 spiro atoms. The van der Waals surface area contributed by atoms with Crippen LogP contribution in [-0.2, 0) is 11.3 Å². The first kappa shape index (κ1) is 10.8. The van der Waals surface area contributed by atoms with Gasteiger partial charge in [-0.25, -0.2) is 0 Å². The van der Waals surface area contributed by atoms with Gasteiger partial charge in [-0.15, -0.1) is 10.2 Å². The number of hydrogen-bond donors (Lipinski definition) is 0. The molecule has 0 amide bonds. The van der Waals surface area contributed by atoms with Crippen molar-refractivity contribution in [1.29, 1.82) is 0 Å². The van der Waals surface area contributed by atoms with Crippen LogP contribution in [0.1, 0.15) is 28.7 Å². The Kier molecular flexibility index (Phi) is 2.96. The molecule has 84 valence electrons. The van der Waals surface area contributed by atoms with E-state index < -0.39 is 0 Å². The highest BCUT2D eigenvalue weighted by molar-refractivity contribution is 5.80. The lowest BCUT2D eigenvalue weighted by atomic mass is 10.2. The molecule has 0 aliphatic carbocycles. The summed E-state index contributed by atoms with van der Waals surface area (Å²) >= 11 is 0. The fourth-order valence-electron chi connectivity index (χ4n) is 1.56. The number of aromatic nitrogens is 3. The zero-order valence-electron chi connectivity index (χ0n) is 9.30. The summed E-state index contributed by atoms with van der Waals surface area (Å²) in [5.74, 6) is 0.748. The number of ether oxygens (including phenoxy) is 1. The Labute approximate surface area is 93.1 Å². The number of rotatable bonds is 4. The molecule has 0 saturated carbocycles. The number of hydrogen-bond acceptors (Lipinski definition) is 4. The summed E-state index contributed by atoms with van der Waals surface area (Å²) in [6.45, 7) is 4.86. The standard InChI is InChI=1S/C11H13N3O2/c1-3-16-7-10-12-13-11-8(2)9(6-15)4-5-14(10)11/h4-6H,3,7H2,1-2H3. The van der Waals surface area contributed by atoms with Gasteiger partial charge in [0.05, 0.1) is 0 Å². The number of carbonyl (C=O) groups excluding carboxylic acids is 1. The summed E-state index contributed by atoms with van der Waals surface area (Å²) in [4.78, 5) is 10.8. The predicted octanol–water partition coefficient (Wildman–Crippen LogP) is 1.39. The monoisotopic (exact) mass is 219 g/mol. The van der Waals surface area contributed by atoms with E-state index in [2.05, 4.69) is 10.2 Å². The molecule has 0 aromatic carbocycles. The fraction of sp³-hybridized carbons (Fsp3) is 0.364. The Morgan fingerprint density at radius 3 is 3.00 bits per heavy atom. The first-order valence-corrected chi connectivity index (χ1v) is 5.14. The molecular weight excluding hydrogens is 206 g/mol. The SMILES string of the molecule is CCOCc1nnc2c(C)c(C=O)ccn12. The lowest BCUT2D eigenvalue weighted by molar-refractivity contribution is 0.112. The third-order valence-electron chi connectivity index (χ3n) is 2.50. The molecule has 5 heteroatoms. The van der Waals surface area contributed by atoms with Crippen LogP contribution in [0.4, 0.5) is 0 Å². The highest BCUT2D eigenvalue weighted by atomic mass is 16.5. The van der Waals surface area contributed by atoms with E-state index >= 15 is 0 Å². The van der Waals surface area contributed by atoms with E-state index in [9.17, 15) is 4.79 Å². The van der Waals surface area contributed by atoms with Gasteiger partial charge < -0.3 is 4.74 Å². The minimum absolute atomic E-state index is 0.428. The molecule has 2 aromatic rings. The molecule has 0 saturated heterocycles. The Bertz CT molecular complexity index is 519. The Hall–Kier alpha value is -1.75. The van der Waals surface area contributed by atoms with Crippen LogP contribution in [0.15, 0.2) is 12.3 Å². The first-order chi connectivity index (χ1) is 7.77. The molecule has 0 bridgehead atoms. The molecule has 5 nitrogen and oxygen atoms in total. The van der Waals surface area contributed by atoms with Gasteiger partial charge in [-0.05, 0) is 19.9 Å². The number of aldehydes is 1. The van der Waals surface area contributed by atoms with Gasteiger partial charge in [-0.1, -0.05) is 0 Å². The highest BCUT2D eigenvalue weighted by Gasteiger charge is 2.09. The largest absolute Gasteiger partial charge is 0.374 e. The summed E-state index contributed by atoms with van der Waals surface area (Å²) in [7, 11) is 0. The lowest BCUT2D eigenvalue weighted by Crippen LogP contribution is -2.00. The molecule has 0 fully saturated rings. The molecular formula is C11H13N3O2. The Morgan fingerprint density at radius 1 is 1.50 bits per heavy atom. The number of aryl methyl sites for hydroxylation is 1. The molecule has 2 heterocycles. The van der Waals surface area contributed by atoms with E-state index in [1.54, 1.807) is 12.3 Å². The van der Waals surface area contributed by atoms with Gasteiger partial charge >= 0.3 is 0 Å². The molecule has 0 radical (unpaired) electrons. The van der Waals surface area contributed by atoms with Gasteiger partial charge in [0.2, 0.25) is 0 Å². The second kappa shape index (κ2) is 4.40. The number of nitrogens with zero attached hydrogens (tertiary/aromatic N) is 3. The van der Waals surface area contributed by atoms with Crippen molar-refractivity contribution >= 4 is 11.9 Å². The van der Waals surface area contributed by atoms with E-state index in [-0.39, 0.29) is 0 Å². The summed E-state index contributed by atoms with van der Waals surface area (Å²) in [6, 6.07) is 1.76. The zero-order chi connectivity index (χ0) is 11.5. The normalized spacial score (nSPS) is 10.9. The van der Waals surface area contributed by atoms with E-state index in [1.165, 1.54) is 0 Å². The Balaban J connectivity index is 2.49. The number of carbonyl (C=O) groups is 1. The van der Waals surface area contributed by atoms with Crippen molar-refractivity contribution in [3.05, 3.63) is 29.2 Å². The molecule has 2 rings (SSSR count). The van der Waals surface area contributed by atoms with Crippen LogP contribution in [-0.4, -0.2) is 27.5 Å². The quantitative estimate of drug-likeness (QED) is 0.729. The zero-order valence-corrected chi connectivity index (χ0v) is 9.30. The van der Waals surface area contributed by atoms with Crippen LogP contribution >= 0.6 is 0 Å². The van der Waals surface area contributed by atoms with E-state index in [4.69, 9.17) is 4.74 Å². The van der Waals surface area contributed by atoms with Gasteiger partial charge in [-0.2, -0.15) is 0 Å². The predicted molar refractivity (Wildman–Crippen MR) is 58.4 cm³/mol. The molecule has 0 atom stereocenters. The molecule has 0 unspecified atom stereocenters. The smallest absolute Gasteiger partial charge is 0.164 e. The Morgan fingerprint density at radius 2 is 2.31 bits per heavy atom. The van der Waals surface area contributed by atoms with E-state index in [0.717, 1.165) is 17.7 Å². The van der Waals surface area contributed by atoms with Gasteiger partial charge in [0, 0.05) is 23.9 Å². The van der Waals surface area contributed by atoms with Crippen LogP contribution in [0, 0.1) is 6.92 Å². The summed E-state index contributed by atoms with van der Waals surface area (Å²) < 4.78 is 7.13. The van der Waals surface area contributed by atoms with Gasteiger partial charge in [0.15, 0.2) is 17.8 Å². The maximum absolute atomic E-state index is 10.8. The van der Waals surface area contributed by atoms with Crippen molar-refractivity contribution in [3.63, 3.8) is 0 Å². The summed E-state index contributed by atoms with van der Waals surface area (Å²) in [5, 5.41) is 8.09. The average Bonchev–Trinajstić information content (AvgIpc) is 2.71. The first-order valence-electron chi connectivity index (χ1n) is 5.14.